The minimum atomic E-state index is -2.99. The first-order valence-corrected chi connectivity index (χ1v) is 14.4. The van der Waals surface area contributed by atoms with E-state index in [9.17, 15) is 34.2 Å². The number of carbonyl (C=O) groups is 3. The maximum atomic E-state index is 14.1. The van der Waals surface area contributed by atoms with Crippen molar-refractivity contribution < 1.29 is 43.5 Å². The molecule has 2 heterocycles. The van der Waals surface area contributed by atoms with Gasteiger partial charge in [-0.15, -0.1) is 0 Å². The van der Waals surface area contributed by atoms with E-state index in [1.54, 1.807) is 91.0 Å². The van der Waals surface area contributed by atoms with E-state index in [1.165, 1.54) is 0 Å². The molecular formula is C33H31N3O11. The van der Waals surface area contributed by atoms with Gasteiger partial charge >= 0.3 is 23.7 Å². The van der Waals surface area contributed by atoms with E-state index >= 15 is 0 Å². The minimum Gasteiger partial charge on any atom is -0.459 e. The maximum Gasteiger partial charge on any atom is 0.408 e. The molecule has 4 N–H and O–H groups in total. The van der Waals surface area contributed by atoms with Crippen molar-refractivity contribution in [1.82, 2.24) is 14.9 Å². The van der Waals surface area contributed by atoms with E-state index in [4.69, 9.17) is 18.9 Å². The number of hydrogen-bond acceptors (Lipinski definition) is 11. The molecule has 0 unspecified atom stereocenters. The van der Waals surface area contributed by atoms with Crippen LogP contribution >= 0.6 is 0 Å². The van der Waals surface area contributed by atoms with Gasteiger partial charge in [0.15, 0.2) is 6.23 Å². The number of hydrogen-bond donors (Lipinski definition) is 4. The third-order valence-electron chi connectivity index (χ3n) is 7.37. The second kappa shape index (κ2) is 14.7. The van der Waals surface area contributed by atoms with Gasteiger partial charge in [-0.2, -0.15) is 0 Å². The van der Waals surface area contributed by atoms with Crippen molar-refractivity contribution in [3.8, 4) is 0 Å². The van der Waals surface area contributed by atoms with E-state index in [1.807, 2.05) is 4.98 Å². The Morgan fingerprint density at radius 2 is 1.19 bits per heavy atom. The molecule has 4 atom stereocenters. The van der Waals surface area contributed by atoms with Gasteiger partial charge in [0.2, 0.25) is 0 Å². The number of benzene rings is 3. The predicted molar refractivity (Wildman–Crippen MR) is 162 cm³/mol. The summed E-state index contributed by atoms with van der Waals surface area (Å²) < 4.78 is 22.9. The van der Waals surface area contributed by atoms with Crippen LogP contribution in [0.5, 0.6) is 0 Å². The Bertz CT molecular complexity index is 1740. The molecule has 1 amide bonds. The van der Waals surface area contributed by atoms with Gasteiger partial charge in [0.1, 0.15) is 38.1 Å². The van der Waals surface area contributed by atoms with Crippen molar-refractivity contribution in [2.45, 2.75) is 49.9 Å². The summed E-state index contributed by atoms with van der Waals surface area (Å²) in [4.78, 5) is 67.8. The van der Waals surface area contributed by atoms with Crippen molar-refractivity contribution in [1.29, 1.82) is 0 Å². The molecule has 0 spiro atoms. The van der Waals surface area contributed by atoms with Crippen LogP contribution in [-0.2, 0) is 48.4 Å². The van der Waals surface area contributed by atoms with E-state index in [0.717, 1.165) is 16.8 Å². The van der Waals surface area contributed by atoms with Crippen LogP contribution < -0.4 is 16.6 Å². The fourth-order valence-electron chi connectivity index (χ4n) is 4.96. The first-order valence-electron chi connectivity index (χ1n) is 14.4. The monoisotopic (exact) mass is 645 g/mol. The summed E-state index contributed by atoms with van der Waals surface area (Å²) in [6.07, 6.45) is -8.18. The number of amides is 1. The smallest absolute Gasteiger partial charge is 0.408 e. The van der Waals surface area contributed by atoms with Gasteiger partial charge in [-0.25, -0.2) is 19.2 Å². The van der Waals surface area contributed by atoms with Crippen LogP contribution in [0.2, 0.25) is 0 Å². The maximum absolute atomic E-state index is 14.1. The number of aliphatic hydroxyl groups is 2. The number of nitrogens with zero attached hydrogens (tertiary/aromatic N) is 1. The van der Waals surface area contributed by atoms with Crippen molar-refractivity contribution in [3.05, 3.63) is 141 Å². The van der Waals surface area contributed by atoms with Crippen LogP contribution in [0, 0.1) is 0 Å². The Hall–Kier alpha value is -5.57. The molecule has 0 saturated carbocycles. The molecule has 0 radical (unpaired) electrons. The highest BCUT2D eigenvalue weighted by Crippen LogP contribution is 2.36. The highest BCUT2D eigenvalue weighted by Gasteiger charge is 2.65. The molecular weight excluding hydrogens is 614 g/mol. The molecule has 14 heteroatoms. The number of alkyl carbamates (subject to hydrolysis) is 1. The molecule has 47 heavy (non-hydrogen) atoms. The lowest BCUT2D eigenvalue weighted by Crippen LogP contribution is -2.70. The Labute approximate surface area is 267 Å². The highest BCUT2D eigenvalue weighted by atomic mass is 16.6. The van der Waals surface area contributed by atoms with Gasteiger partial charge in [-0.05, 0) is 16.7 Å². The SMILES string of the molecule is O=C(NC(C(=O)OCc1ccccc1)(C(=O)OCc1ccccc1)[C@H]1O[C@@H](n2ccc(=O)[nH]c2=O)[C@H](O)[C@@H]1O)OCc1ccccc1. The quantitative estimate of drug-likeness (QED) is 0.104. The van der Waals surface area contributed by atoms with Gasteiger partial charge in [-0.1, -0.05) is 91.0 Å². The molecule has 0 bridgehead atoms. The molecule has 3 aromatic carbocycles. The van der Waals surface area contributed by atoms with E-state index < -0.39 is 59.4 Å². The lowest BCUT2D eigenvalue weighted by Gasteiger charge is -2.35. The molecule has 0 aliphatic carbocycles. The Morgan fingerprint density at radius 3 is 1.66 bits per heavy atom. The van der Waals surface area contributed by atoms with Crippen LogP contribution in [0.4, 0.5) is 4.79 Å². The highest BCUT2D eigenvalue weighted by molar-refractivity contribution is 6.08. The number of nitrogens with one attached hydrogen (secondary N) is 2. The summed E-state index contributed by atoms with van der Waals surface area (Å²) in [6.45, 7) is -1.02. The summed E-state index contributed by atoms with van der Waals surface area (Å²) >= 11 is 0. The average molecular weight is 646 g/mol. The van der Waals surface area contributed by atoms with Crippen LogP contribution in [-0.4, -0.2) is 61.6 Å². The van der Waals surface area contributed by atoms with Crippen molar-refractivity contribution in [3.63, 3.8) is 0 Å². The summed E-state index contributed by atoms with van der Waals surface area (Å²) in [6, 6.07) is 26.3. The lowest BCUT2D eigenvalue weighted by atomic mass is 9.87. The largest absolute Gasteiger partial charge is 0.459 e. The number of H-pyrrole nitrogens is 1. The fourth-order valence-corrected chi connectivity index (χ4v) is 4.96. The zero-order valence-electron chi connectivity index (χ0n) is 24.8. The van der Waals surface area contributed by atoms with Crippen LogP contribution in [0.25, 0.3) is 0 Å². The molecule has 14 nitrogen and oxygen atoms in total. The van der Waals surface area contributed by atoms with E-state index in [0.29, 0.717) is 16.7 Å². The number of rotatable bonds is 11. The fraction of sp³-hybridized carbons (Fsp3) is 0.242. The van der Waals surface area contributed by atoms with Crippen molar-refractivity contribution in [2.75, 3.05) is 0 Å². The summed E-state index contributed by atoms with van der Waals surface area (Å²) in [5.74, 6) is -2.83. The molecule has 1 aliphatic rings. The lowest BCUT2D eigenvalue weighted by molar-refractivity contribution is -0.181. The Kier molecular flexibility index (Phi) is 10.3. The standard InChI is InChI=1S/C33H31N3O11/c37-24-16-17-36(31(42)34-24)28-26(39)25(38)27(47-28)33(29(40)44-18-21-10-4-1-5-11-21,30(41)45-19-22-12-6-2-7-13-22)35-32(43)46-20-23-14-8-3-9-15-23/h1-17,25-28,38-39H,18-20H2,(H,35,43)(H,34,37,42)/t25-,26+,27-,28+/m0/s1. The number of ether oxygens (including phenoxy) is 4. The molecule has 1 aromatic heterocycles. The zero-order valence-corrected chi connectivity index (χ0v) is 24.8. The predicted octanol–water partition coefficient (Wildman–Crippen LogP) is 1.31. The van der Waals surface area contributed by atoms with Gasteiger partial charge in [0.25, 0.3) is 11.1 Å². The normalized spacial score (nSPS) is 19.0. The second-order valence-electron chi connectivity index (χ2n) is 10.6. The summed E-state index contributed by atoms with van der Waals surface area (Å²) in [5, 5.41) is 24.5. The van der Waals surface area contributed by atoms with E-state index in [-0.39, 0.29) is 19.8 Å². The van der Waals surface area contributed by atoms with Crippen molar-refractivity contribution in [2.24, 2.45) is 0 Å². The third kappa shape index (κ3) is 7.47. The Balaban J connectivity index is 1.54. The number of carbonyl (C=O) groups excluding carboxylic acids is 3. The molecule has 244 valence electrons. The Morgan fingerprint density at radius 1 is 0.723 bits per heavy atom. The van der Waals surface area contributed by atoms with E-state index in [2.05, 4.69) is 5.32 Å². The summed E-state index contributed by atoms with van der Waals surface area (Å²) in [5.41, 5.74) is -3.14. The average Bonchev–Trinajstić information content (AvgIpc) is 3.38. The zero-order chi connectivity index (χ0) is 33.4. The first kappa shape index (κ1) is 32.8. The summed E-state index contributed by atoms with van der Waals surface area (Å²) in [7, 11) is 0. The number of aromatic nitrogens is 2. The van der Waals surface area contributed by atoms with Crippen LogP contribution in [0.1, 0.15) is 22.9 Å². The van der Waals surface area contributed by atoms with Crippen LogP contribution in [0.3, 0.4) is 0 Å². The van der Waals surface area contributed by atoms with Gasteiger partial charge in [0, 0.05) is 12.3 Å². The molecule has 1 aliphatic heterocycles. The number of aromatic amines is 1. The third-order valence-corrected chi connectivity index (χ3v) is 7.37. The topological polar surface area (TPSA) is 195 Å². The molecule has 1 saturated heterocycles. The minimum absolute atomic E-state index is 0.271. The molecule has 1 fully saturated rings. The van der Waals surface area contributed by atoms with Gasteiger partial charge in [-0.3, -0.25) is 19.7 Å². The first-order chi connectivity index (χ1) is 22.7. The van der Waals surface area contributed by atoms with Crippen LogP contribution in [0.15, 0.2) is 113 Å². The number of aliphatic hydroxyl groups excluding tert-OH is 2. The van der Waals surface area contributed by atoms with Gasteiger partial charge in [0.05, 0.1) is 0 Å². The molecule has 5 rings (SSSR count). The van der Waals surface area contributed by atoms with Gasteiger partial charge < -0.3 is 29.2 Å². The second-order valence-corrected chi connectivity index (χ2v) is 10.6. The molecule has 4 aromatic rings. The van der Waals surface area contributed by atoms with Crippen molar-refractivity contribution >= 4 is 18.0 Å². The number of esters is 2.